The first-order chi connectivity index (χ1) is 27.2. The van der Waals surface area contributed by atoms with Crippen LogP contribution in [0.3, 0.4) is 0 Å². The van der Waals surface area contributed by atoms with Gasteiger partial charge in [0.25, 0.3) is 0 Å². The van der Waals surface area contributed by atoms with Gasteiger partial charge in [0.1, 0.15) is 0 Å². The van der Waals surface area contributed by atoms with Gasteiger partial charge in [-0.15, -0.1) is 0 Å². The second kappa shape index (κ2) is 39.5. The lowest BCUT2D eigenvalue weighted by Gasteiger charge is -2.51. The van der Waals surface area contributed by atoms with Gasteiger partial charge in [0, 0.05) is 0 Å². The molecule has 0 spiro atoms. The van der Waals surface area contributed by atoms with E-state index in [0.717, 1.165) is 5.92 Å². The monoisotopic (exact) mass is 771 g/mol. The minimum atomic E-state index is 0.640. The van der Waals surface area contributed by atoms with E-state index in [-0.39, 0.29) is 0 Å². The molecule has 0 aromatic heterocycles. The van der Waals surface area contributed by atoms with Crippen molar-refractivity contribution in [1.29, 1.82) is 0 Å². The molecule has 0 aliphatic heterocycles. The maximum Gasteiger partial charge on any atom is -0.0213 e. The Bertz CT molecular complexity index is 694. The molecule has 0 saturated heterocycles. The third-order valence-electron chi connectivity index (χ3n) is 15.2. The second-order valence-corrected chi connectivity index (χ2v) is 19.8. The quantitative estimate of drug-likeness (QED) is 0.0541. The second-order valence-electron chi connectivity index (χ2n) is 19.8. The zero-order valence-electron chi connectivity index (χ0n) is 39.8. The van der Waals surface area contributed by atoms with E-state index in [2.05, 4.69) is 34.6 Å². The number of rotatable bonds is 45. The fourth-order valence-corrected chi connectivity index (χ4v) is 11.6. The summed E-state index contributed by atoms with van der Waals surface area (Å²) in [7, 11) is 0. The Morgan fingerprint density at radius 1 is 0.273 bits per heavy atom. The first kappa shape index (κ1) is 53.0. The van der Waals surface area contributed by atoms with Crippen LogP contribution >= 0.6 is 0 Å². The molecule has 0 N–H and O–H groups in total. The van der Waals surface area contributed by atoms with Crippen molar-refractivity contribution in [3.8, 4) is 0 Å². The number of unbranched alkanes of at least 4 members (excludes halogenated alkanes) is 35. The molecule has 0 heteroatoms. The molecule has 1 atom stereocenters. The molecular weight excluding hydrogens is 661 g/mol. The van der Waals surface area contributed by atoms with Crippen molar-refractivity contribution in [3.63, 3.8) is 0 Å². The molecule has 0 nitrogen and oxygen atoms in total. The Morgan fingerprint density at radius 3 is 0.800 bits per heavy atom. The lowest BCUT2D eigenvalue weighted by atomic mass is 9.53. The van der Waals surface area contributed by atoms with Crippen molar-refractivity contribution in [1.82, 2.24) is 0 Å². The van der Waals surface area contributed by atoms with Crippen LogP contribution in [0.1, 0.15) is 336 Å². The van der Waals surface area contributed by atoms with Gasteiger partial charge in [-0.1, -0.05) is 291 Å². The fourth-order valence-electron chi connectivity index (χ4n) is 11.6. The molecule has 0 heterocycles. The summed E-state index contributed by atoms with van der Waals surface area (Å²) < 4.78 is 0. The molecule has 1 aliphatic carbocycles. The van der Waals surface area contributed by atoms with Crippen molar-refractivity contribution in [2.75, 3.05) is 0 Å². The van der Waals surface area contributed by atoms with Gasteiger partial charge < -0.3 is 0 Å². The SMILES string of the molecule is CCCCCCCCCCC1CCC(CCCCCCCCCC)(CCCCCCCCCC)C1(CCCCCCCCCC)CCCCCCCCCC. The molecule has 55 heavy (non-hydrogen) atoms. The van der Waals surface area contributed by atoms with E-state index in [1.54, 1.807) is 44.9 Å². The molecule has 0 aromatic rings. The van der Waals surface area contributed by atoms with Crippen molar-refractivity contribution in [3.05, 3.63) is 0 Å². The summed E-state index contributed by atoms with van der Waals surface area (Å²) in [5, 5.41) is 0. The van der Waals surface area contributed by atoms with Crippen LogP contribution in [0, 0.1) is 16.7 Å². The molecule has 0 aromatic carbocycles. The maximum absolute atomic E-state index is 2.37. The van der Waals surface area contributed by atoms with Crippen LogP contribution in [0.2, 0.25) is 0 Å². The molecule has 1 unspecified atom stereocenters. The van der Waals surface area contributed by atoms with Crippen molar-refractivity contribution >= 4 is 0 Å². The van der Waals surface area contributed by atoms with Crippen molar-refractivity contribution < 1.29 is 0 Å². The standard InChI is InChI=1S/C55H110/c1-6-11-16-21-26-31-36-41-46-53-47-52-54(48-42-37-32-27-22-17-12-7-2,49-43-38-33-28-23-18-13-8-3)55(53,50-44-39-34-29-24-19-14-9-4)51-45-40-35-30-25-20-15-10-5/h53H,6-52H2,1-5H3. The van der Waals surface area contributed by atoms with Gasteiger partial charge >= 0.3 is 0 Å². The summed E-state index contributed by atoms with van der Waals surface area (Å²) in [6, 6.07) is 0. The van der Waals surface area contributed by atoms with Crippen LogP contribution < -0.4 is 0 Å². The summed E-state index contributed by atoms with van der Waals surface area (Å²) in [5.41, 5.74) is 1.28. The van der Waals surface area contributed by atoms with E-state index in [1.165, 1.54) is 257 Å². The van der Waals surface area contributed by atoms with Crippen molar-refractivity contribution in [2.24, 2.45) is 16.7 Å². The highest BCUT2D eigenvalue weighted by Gasteiger charge is 2.57. The minimum Gasteiger partial charge on any atom is -0.0654 e. The summed E-state index contributed by atoms with van der Waals surface area (Å²) in [5.74, 6) is 1.02. The Hall–Kier alpha value is 0. The topological polar surface area (TPSA) is 0 Å². The number of hydrogen-bond acceptors (Lipinski definition) is 0. The van der Waals surface area contributed by atoms with E-state index in [0.29, 0.717) is 10.8 Å². The van der Waals surface area contributed by atoms with Gasteiger partial charge in [-0.2, -0.15) is 0 Å². The van der Waals surface area contributed by atoms with Gasteiger partial charge in [0.05, 0.1) is 0 Å². The van der Waals surface area contributed by atoms with Crippen molar-refractivity contribution in [2.45, 2.75) is 336 Å². The van der Waals surface area contributed by atoms with Crippen LogP contribution in [0.25, 0.3) is 0 Å². The lowest BCUT2D eigenvalue weighted by Crippen LogP contribution is -2.42. The predicted octanol–water partition coefficient (Wildman–Crippen LogP) is 21.0. The highest BCUT2D eigenvalue weighted by atomic mass is 14.6. The van der Waals surface area contributed by atoms with Crippen LogP contribution in [-0.4, -0.2) is 0 Å². The molecule has 0 radical (unpaired) electrons. The van der Waals surface area contributed by atoms with Gasteiger partial charge in [-0.3, -0.25) is 0 Å². The maximum atomic E-state index is 2.37. The molecule has 1 aliphatic rings. The zero-order valence-corrected chi connectivity index (χ0v) is 39.8. The Balaban J connectivity index is 3.19. The molecular formula is C55H110. The Labute approximate surface area is 351 Å². The smallest absolute Gasteiger partial charge is 0.0213 e. The third-order valence-corrected chi connectivity index (χ3v) is 15.2. The average molecular weight is 771 g/mol. The van der Waals surface area contributed by atoms with E-state index < -0.39 is 0 Å². The number of hydrogen-bond donors (Lipinski definition) is 0. The third kappa shape index (κ3) is 26.0. The Morgan fingerprint density at radius 2 is 0.509 bits per heavy atom. The van der Waals surface area contributed by atoms with Gasteiger partial charge in [-0.05, 0) is 61.7 Å². The summed E-state index contributed by atoms with van der Waals surface area (Å²) in [4.78, 5) is 0. The molecule has 0 bridgehead atoms. The van der Waals surface area contributed by atoms with Crippen LogP contribution in [0.4, 0.5) is 0 Å². The Kier molecular flexibility index (Phi) is 38.0. The molecule has 0 amide bonds. The van der Waals surface area contributed by atoms with Crippen LogP contribution in [-0.2, 0) is 0 Å². The van der Waals surface area contributed by atoms with E-state index >= 15 is 0 Å². The average Bonchev–Trinajstić information content (AvgIpc) is 3.48. The normalized spacial score (nSPS) is 16.4. The summed E-state index contributed by atoms with van der Waals surface area (Å²) >= 11 is 0. The lowest BCUT2D eigenvalue weighted by molar-refractivity contribution is -0.0152. The van der Waals surface area contributed by atoms with Gasteiger partial charge in [0.2, 0.25) is 0 Å². The van der Waals surface area contributed by atoms with Gasteiger partial charge in [-0.25, -0.2) is 0 Å². The zero-order chi connectivity index (χ0) is 39.8. The first-order valence-electron chi connectivity index (χ1n) is 27.2. The molecule has 1 fully saturated rings. The van der Waals surface area contributed by atoms with E-state index in [1.807, 2.05) is 0 Å². The van der Waals surface area contributed by atoms with Crippen LogP contribution in [0.5, 0.6) is 0 Å². The predicted molar refractivity (Wildman–Crippen MR) is 254 cm³/mol. The highest BCUT2D eigenvalue weighted by molar-refractivity contribution is 5.06. The van der Waals surface area contributed by atoms with E-state index in [9.17, 15) is 0 Å². The fraction of sp³-hybridized carbons (Fsp3) is 1.00. The summed E-state index contributed by atoms with van der Waals surface area (Å²) in [6.45, 7) is 11.8. The first-order valence-corrected chi connectivity index (χ1v) is 27.2. The van der Waals surface area contributed by atoms with Gasteiger partial charge in [0.15, 0.2) is 0 Å². The highest BCUT2D eigenvalue weighted by Crippen LogP contribution is 2.67. The molecule has 1 rings (SSSR count). The largest absolute Gasteiger partial charge is 0.0654 e. The molecule has 330 valence electrons. The van der Waals surface area contributed by atoms with E-state index in [4.69, 9.17) is 0 Å². The summed E-state index contributed by atoms with van der Waals surface area (Å²) in [6.07, 6.45) is 70.2. The minimum absolute atomic E-state index is 0.640. The molecule has 1 saturated carbocycles. The van der Waals surface area contributed by atoms with Crippen LogP contribution in [0.15, 0.2) is 0 Å².